The van der Waals surface area contributed by atoms with Crippen molar-refractivity contribution in [3.05, 3.63) is 53.9 Å². The van der Waals surface area contributed by atoms with Gasteiger partial charge in [0.25, 0.3) is 0 Å². The first-order chi connectivity index (χ1) is 10.9. The van der Waals surface area contributed by atoms with Gasteiger partial charge in [-0.1, -0.05) is 36.0 Å². The minimum Gasteiger partial charge on any atom is -0.293 e. The first-order valence-electron chi connectivity index (χ1n) is 6.90. The summed E-state index contributed by atoms with van der Waals surface area (Å²) in [5.41, 5.74) is 1.59. The van der Waals surface area contributed by atoms with E-state index in [2.05, 4.69) is 14.7 Å². The Morgan fingerprint density at radius 1 is 1.17 bits per heavy atom. The third kappa shape index (κ3) is 6.47. The molecule has 0 radical (unpaired) electrons. The molecule has 8 heteroatoms. The van der Waals surface area contributed by atoms with Crippen LogP contribution in [0.15, 0.2) is 47.9 Å². The molecule has 0 saturated carbocycles. The molecule has 0 aliphatic carbocycles. The van der Waals surface area contributed by atoms with Crippen molar-refractivity contribution < 1.29 is 13.2 Å². The second kappa shape index (κ2) is 8.19. The van der Waals surface area contributed by atoms with Gasteiger partial charge in [0, 0.05) is 24.5 Å². The van der Waals surface area contributed by atoms with Gasteiger partial charge in [-0.15, -0.1) is 0 Å². The minimum absolute atomic E-state index is 0.00302. The molecule has 0 atom stereocenters. The molecule has 0 spiro atoms. The molecule has 0 bridgehead atoms. The van der Waals surface area contributed by atoms with Crippen LogP contribution >= 0.6 is 11.8 Å². The molecule has 6 nitrogen and oxygen atoms in total. The van der Waals surface area contributed by atoms with E-state index in [1.807, 2.05) is 12.1 Å². The van der Waals surface area contributed by atoms with Crippen LogP contribution < -0.4 is 4.72 Å². The van der Waals surface area contributed by atoms with Crippen molar-refractivity contribution in [2.45, 2.75) is 11.6 Å². The summed E-state index contributed by atoms with van der Waals surface area (Å²) >= 11 is 1.30. The number of nitrogens with zero attached hydrogens (tertiary/aromatic N) is 2. The molecule has 0 fully saturated rings. The number of hydrogen-bond acceptors (Lipinski definition) is 6. The van der Waals surface area contributed by atoms with Gasteiger partial charge in [0.05, 0.1) is 12.0 Å². The maximum atomic E-state index is 12.1. The average Bonchev–Trinajstić information content (AvgIpc) is 2.53. The topological polar surface area (TPSA) is 89.0 Å². The fourth-order valence-corrected chi connectivity index (χ4v) is 2.98. The predicted molar refractivity (Wildman–Crippen MR) is 90.1 cm³/mol. The van der Waals surface area contributed by atoms with Crippen LogP contribution in [0.4, 0.5) is 0 Å². The molecular formula is C15H17N3O3S2. The molecular weight excluding hydrogens is 334 g/mol. The lowest BCUT2D eigenvalue weighted by molar-refractivity contribution is 0.102. The second-order valence-corrected chi connectivity index (χ2v) is 7.63. The number of ketones is 1. The summed E-state index contributed by atoms with van der Waals surface area (Å²) in [6.45, 7) is 0.341. The highest BCUT2D eigenvalue weighted by Crippen LogP contribution is 2.14. The Balaban J connectivity index is 1.85. The van der Waals surface area contributed by atoms with Gasteiger partial charge in [-0.2, -0.15) is 0 Å². The highest BCUT2D eigenvalue weighted by molar-refractivity contribution is 7.99. The number of carbonyl (C=O) groups is 1. The number of rotatable bonds is 8. The molecule has 0 amide bonds. The standard InChI is InChI=1S/C15H17N3O3S2/c1-23(20,21)18-10-7-12-3-5-13(6-4-12)14(19)11-22-15-16-8-2-9-17-15/h2-6,8-9,18H,7,10-11H2,1H3. The Labute approximate surface area is 139 Å². The summed E-state index contributed by atoms with van der Waals surface area (Å²) in [5, 5.41) is 0.573. The number of hydrogen-bond donors (Lipinski definition) is 1. The van der Waals surface area contributed by atoms with Crippen LogP contribution in [0.3, 0.4) is 0 Å². The van der Waals surface area contributed by atoms with Crippen LogP contribution in [0.2, 0.25) is 0 Å². The lowest BCUT2D eigenvalue weighted by atomic mass is 10.1. The fourth-order valence-electron chi connectivity index (χ4n) is 1.81. The van der Waals surface area contributed by atoms with Crippen molar-refractivity contribution in [3.63, 3.8) is 0 Å². The summed E-state index contributed by atoms with van der Waals surface area (Å²) in [6.07, 6.45) is 4.98. The molecule has 2 aromatic rings. The van der Waals surface area contributed by atoms with E-state index in [1.165, 1.54) is 11.8 Å². The first-order valence-corrected chi connectivity index (χ1v) is 9.78. The normalized spacial score (nSPS) is 11.3. The third-order valence-corrected chi connectivity index (χ3v) is 4.53. The Morgan fingerprint density at radius 3 is 2.43 bits per heavy atom. The molecule has 0 unspecified atom stereocenters. The zero-order valence-electron chi connectivity index (χ0n) is 12.6. The van der Waals surface area contributed by atoms with Gasteiger partial charge in [-0.3, -0.25) is 4.79 Å². The van der Waals surface area contributed by atoms with E-state index < -0.39 is 10.0 Å². The van der Waals surface area contributed by atoms with Crippen molar-refractivity contribution >= 4 is 27.6 Å². The highest BCUT2D eigenvalue weighted by atomic mass is 32.2. The summed E-state index contributed by atoms with van der Waals surface area (Å²) in [6, 6.07) is 8.90. The van der Waals surface area contributed by atoms with Gasteiger partial charge in [-0.25, -0.2) is 23.1 Å². The van der Waals surface area contributed by atoms with E-state index in [4.69, 9.17) is 0 Å². The Bertz CT molecular complexity index is 747. The maximum absolute atomic E-state index is 12.1. The predicted octanol–water partition coefficient (Wildman–Crippen LogP) is 1.54. The molecule has 0 aliphatic rings. The highest BCUT2D eigenvalue weighted by Gasteiger charge is 2.08. The molecule has 0 aliphatic heterocycles. The van der Waals surface area contributed by atoms with Gasteiger partial charge >= 0.3 is 0 Å². The number of aromatic nitrogens is 2. The largest absolute Gasteiger partial charge is 0.293 e. The van der Waals surface area contributed by atoms with Crippen molar-refractivity contribution in [3.8, 4) is 0 Å². The quantitative estimate of drug-likeness (QED) is 0.441. The van der Waals surface area contributed by atoms with Gasteiger partial charge in [0.1, 0.15) is 0 Å². The summed E-state index contributed by atoms with van der Waals surface area (Å²) in [7, 11) is -3.17. The van der Waals surface area contributed by atoms with E-state index in [0.717, 1.165) is 11.8 Å². The number of nitrogens with one attached hydrogen (secondary N) is 1. The minimum atomic E-state index is -3.17. The van der Waals surface area contributed by atoms with Crippen molar-refractivity contribution in [1.82, 2.24) is 14.7 Å². The molecule has 0 saturated heterocycles. The number of benzene rings is 1. The van der Waals surface area contributed by atoms with Crippen LogP contribution in [0.5, 0.6) is 0 Å². The van der Waals surface area contributed by atoms with Gasteiger partial charge in [0.15, 0.2) is 10.9 Å². The van der Waals surface area contributed by atoms with Crippen LogP contribution in [0.25, 0.3) is 0 Å². The Kier molecular flexibility index (Phi) is 6.26. The average molecular weight is 351 g/mol. The third-order valence-electron chi connectivity index (χ3n) is 2.93. The van der Waals surface area contributed by atoms with Crippen molar-refractivity contribution in [2.24, 2.45) is 0 Å². The van der Waals surface area contributed by atoms with Crippen molar-refractivity contribution in [1.29, 1.82) is 0 Å². The molecule has 1 heterocycles. The molecule has 2 rings (SSSR count). The summed E-state index contributed by atoms with van der Waals surface area (Å²) < 4.78 is 24.4. The smallest absolute Gasteiger partial charge is 0.208 e. The second-order valence-electron chi connectivity index (χ2n) is 4.86. The molecule has 1 aromatic heterocycles. The number of carbonyl (C=O) groups excluding carboxylic acids is 1. The Morgan fingerprint density at radius 2 is 1.83 bits per heavy atom. The van der Waals surface area contributed by atoms with E-state index in [1.54, 1.807) is 30.6 Å². The zero-order chi connectivity index (χ0) is 16.7. The number of sulfonamides is 1. The van der Waals surface area contributed by atoms with Crippen molar-refractivity contribution in [2.75, 3.05) is 18.6 Å². The van der Waals surface area contributed by atoms with Gasteiger partial charge < -0.3 is 0 Å². The van der Waals surface area contributed by atoms with E-state index in [9.17, 15) is 13.2 Å². The maximum Gasteiger partial charge on any atom is 0.208 e. The fraction of sp³-hybridized carbons (Fsp3) is 0.267. The molecule has 122 valence electrons. The first kappa shape index (κ1) is 17.6. The lowest BCUT2D eigenvalue weighted by Crippen LogP contribution is -2.24. The number of Topliss-reactive ketones (excluding diaryl/α,β-unsaturated/α-hetero) is 1. The summed E-state index contributed by atoms with van der Waals surface area (Å²) in [4.78, 5) is 20.2. The molecule has 1 N–H and O–H groups in total. The zero-order valence-corrected chi connectivity index (χ0v) is 14.2. The van der Waals surface area contributed by atoms with Crippen LogP contribution in [0, 0.1) is 0 Å². The van der Waals surface area contributed by atoms with E-state index in [0.29, 0.717) is 23.7 Å². The van der Waals surface area contributed by atoms with Crippen LogP contribution in [-0.2, 0) is 16.4 Å². The van der Waals surface area contributed by atoms with Crippen LogP contribution in [0.1, 0.15) is 15.9 Å². The van der Waals surface area contributed by atoms with Crippen LogP contribution in [-0.4, -0.2) is 42.7 Å². The number of thioether (sulfide) groups is 1. The SMILES string of the molecule is CS(=O)(=O)NCCc1ccc(C(=O)CSc2ncccn2)cc1. The van der Waals surface area contributed by atoms with Gasteiger partial charge in [0.2, 0.25) is 10.0 Å². The van der Waals surface area contributed by atoms with E-state index >= 15 is 0 Å². The van der Waals surface area contributed by atoms with Gasteiger partial charge in [-0.05, 0) is 18.1 Å². The summed E-state index contributed by atoms with van der Waals surface area (Å²) in [5.74, 6) is 0.280. The van der Waals surface area contributed by atoms with E-state index in [-0.39, 0.29) is 11.5 Å². The lowest BCUT2D eigenvalue weighted by Gasteiger charge is -2.04. The Hall–Kier alpha value is -1.77. The molecule has 23 heavy (non-hydrogen) atoms. The monoisotopic (exact) mass is 351 g/mol. The molecule has 1 aromatic carbocycles.